The molecule has 142 valence electrons. The number of carbonyl (C=O) groups excluding carboxylic acids is 2. The van der Waals surface area contributed by atoms with Crippen molar-refractivity contribution < 1.29 is 43.7 Å². The molecule has 0 aliphatic carbocycles. The predicted molar refractivity (Wildman–Crippen MR) is 110 cm³/mol. The minimum atomic E-state index is -0.347. The maximum Gasteiger partial charge on any atom is 1.00 e. The van der Waals surface area contributed by atoms with Crippen molar-refractivity contribution in [1.29, 1.82) is 0 Å². The molecule has 1 N–H and O–H groups in total. The van der Waals surface area contributed by atoms with Crippen LogP contribution in [0.5, 0.6) is 0 Å². The molecule has 0 spiro atoms. The molecule has 0 saturated carbocycles. The molecule has 4 aromatic rings. The maximum absolute atomic E-state index is 13.0. The van der Waals surface area contributed by atoms with Crippen molar-refractivity contribution in [3.8, 4) is 11.4 Å². The van der Waals surface area contributed by atoms with Crippen LogP contribution in [0.2, 0.25) is 0 Å². The van der Waals surface area contributed by atoms with Crippen LogP contribution in [0.4, 0.5) is 17.1 Å². The molecule has 0 fully saturated rings. The van der Waals surface area contributed by atoms with Crippen LogP contribution in [0.25, 0.3) is 22.2 Å². The first-order chi connectivity index (χ1) is 14.1. The van der Waals surface area contributed by atoms with Crippen molar-refractivity contribution in [1.82, 2.24) is 10.1 Å². The molecule has 2 amide bonds. The Balaban J connectivity index is 0.00000218. The van der Waals surface area contributed by atoms with Gasteiger partial charge in [-0.2, -0.15) is 0 Å². The smallest absolute Gasteiger partial charge is 0.447 e. The monoisotopic (exact) mass is 424 g/mol. The molecule has 1 aromatic heterocycles. The molecule has 0 bridgehead atoms. The Morgan fingerprint density at radius 2 is 1.90 bits per heavy atom. The third kappa shape index (κ3) is 3.59. The second-order valence-electron chi connectivity index (χ2n) is 6.57. The zero-order valence-electron chi connectivity index (χ0n) is 16.0. The number of hydrogen-bond donors (Lipinski definition) is 1. The molecule has 0 atom stereocenters. The molecule has 1 aliphatic rings. The quantitative estimate of drug-likeness (QED) is 0.295. The van der Waals surface area contributed by atoms with E-state index < -0.39 is 0 Å². The topological polar surface area (TPSA) is 89.5 Å². The third-order valence-electron chi connectivity index (χ3n) is 4.74. The van der Waals surface area contributed by atoms with Gasteiger partial charge in [-0.1, -0.05) is 42.5 Å². The fourth-order valence-corrected chi connectivity index (χ4v) is 3.63. The standard InChI is InChI=1S/C21H14N4O3S.Na/c26-17-11-18(27)25(14-6-3-5-13(10-14)20-23-21(29)28-24-20)16-9-8-12-4-1-2-7-15(12)19(16)22-17;/h1-10H,11H2,(H2,22,23,24,26,29);/q;+1/p-1. The molecular weight excluding hydrogens is 411 g/mol. The fraction of sp³-hybridized carbons (Fsp3) is 0.0476. The van der Waals surface area contributed by atoms with Gasteiger partial charge >= 0.3 is 29.6 Å². The molecule has 5 rings (SSSR count). The number of benzene rings is 3. The number of nitrogens with one attached hydrogen (secondary N) is 1. The van der Waals surface area contributed by atoms with Crippen molar-refractivity contribution in [2.45, 2.75) is 6.42 Å². The Labute approximate surface area is 198 Å². The Hall–Kier alpha value is -2.78. The second kappa shape index (κ2) is 8.16. The van der Waals surface area contributed by atoms with Crippen LogP contribution in [0, 0.1) is 4.84 Å². The van der Waals surface area contributed by atoms with Gasteiger partial charge in [0.15, 0.2) is 4.84 Å². The van der Waals surface area contributed by atoms with Gasteiger partial charge in [-0.15, -0.1) is 0 Å². The third-order valence-corrected chi connectivity index (χ3v) is 4.91. The number of amides is 2. The number of carbonyl (C=O) groups is 2. The van der Waals surface area contributed by atoms with E-state index in [2.05, 4.69) is 15.5 Å². The second-order valence-corrected chi connectivity index (χ2v) is 6.92. The van der Waals surface area contributed by atoms with E-state index in [1.54, 1.807) is 24.3 Å². The molecule has 0 unspecified atom stereocenters. The van der Waals surface area contributed by atoms with Crippen molar-refractivity contribution in [3.05, 3.63) is 65.5 Å². The molecule has 2 heterocycles. The summed E-state index contributed by atoms with van der Waals surface area (Å²) in [5.41, 5.74) is 2.46. The Morgan fingerprint density at radius 1 is 1.07 bits per heavy atom. The van der Waals surface area contributed by atoms with Gasteiger partial charge < -0.3 is 14.8 Å². The summed E-state index contributed by atoms with van der Waals surface area (Å²) in [5.74, 6) is -0.335. The van der Waals surface area contributed by atoms with Crippen LogP contribution in [-0.2, 0) is 9.59 Å². The first-order valence-electron chi connectivity index (χ1n) is 8.86. The molecule has 0 saturated heterocycles. The van der Waals surface area contributed by atoms with E-state index in [0.29, 0.717) is 28.5 Å². The van der Waals surface area contributed by atoms with Gasteiger partial charge in [-0.3, -0.25) is 19.6 Å². The molecule has 7 nitrogen and oxygen atoms in total. The van der Waals surface area contributed by atoms with Crippen LogP contribution in [0.1, 0.15) is 6.42 Å². The molecule has 1 aliphatic heterocycles. The summed E-state index contributed by atoms with van der Waals surface area (Å²) in [6.07, 6.45) is -0.258. The van der Waals surface area contributed by atoms with Gasteiger partial charge in [-0.25, -0.2) is 0 Å². The summed E-state index contributed by atoms with van der Waals surface area (Å²) in [6, 6.07) is 18.6. The zero-order valence-corrected chi connectivity index (χ0v) is 18.8. The van der Waals surface area contributed by atoms with E-state index in [-0.39, 0.29) is 52.6 Å². The summed E-state index contributed by atoms with van der Waals surface area (Å²) < 4.78 is 4.88. The predicted octanol–water partition coefficient (Wildman–Crippen LogP) is 1.19. The minimum absolute atomic E-state index is 0. The van der Waals surface area contributed by atoms with Crippen LogP contribution in [-0.4, -0.2) is 17.0 Å². The van der Waals surface area contributed by atoms with Crippen LogP contribution >= 0.6 is 12.2 Å². The minimum Gasteiger partial charge on any atom is -0.447 e. The number of anilines is 3. The van der Waals surface area contributed by atoms with Crippen LogP contribution in [0.15, 0.2) is 65.2 Å². The van der Waals surface area contributed by atoms with E-state index in [1.807, 2.05) is 36.4 Å². The average molecular weight is 424 g/mol. The molecule has 9 heteroatoms. The Morgan fingerprint density at radius 3 is 2.70 bits per heavy atom. The first kappa shape index (κ1) is 20.5. The van der Waals surface area contributed by atoms with Crippen LogP contribution < -0.4 is 44.8 Å². The SMILES string of the molecule is O=C1CC(=O)N(c2cccc(-c3noc(=S)[n-]3)c2)c2ccc3ccccc3c2N1.[Na+]. The summed E-state index contributed by atoms with van der Waals surface area (Å²) in [4.78, 5) is 31.0. The number of aromatic nitrogens is 2. The van der Waals surface area contributed by atoms with Crippen molar-refractivity contribution in [3.63, 3.8) is 0 Å². The molecule has 3 aromatic carbocycles. The number of fused-ring (bicyclic) bond motifs is 3. The zero-order chi connectivity index (χ0) is 20.0. The fourth-order valence-electron chi connectivity index (χ4n) is 3.51. The van der Waals surface area contributed by atoms with Gasteiger partial charge in [0, 0.05) is 11.1 Å². The number of hydrogen-bond acceptors (Lipinski definition) is 5. The van der Waals surface area contributed by atoms with Crippen LogP contribution in [0.3, 0.4) is 0 Å². The van der Waals surface area contributed by atoms with Crippen molar-refractivity contribution in [2.24, 2.45) is 0 Å². The molecule has 0 radical (unpaired) electrons. The van der Waals surface area contributed by atoms with Gasteiger partial charge in [0.1, 0.15) is 6.42 Å². The normalized spacial score (nSPS) is 13.4. The summed E-state index contributed by atoms with van der Waals surface area (Å²) >= 11 is 4.89. The van der Waals surface area contributed by atoms with E-state index >= 15 is 0 Å². The van der Waals surface area contributed by atoms with Crippen molar-refractivity contribution in [2.75, 3.05) is 10.2 Å². The number of rotatable bonds is 2. The van der Waals surface area contributed by atoms with Crippen molar-refractivity contribution >= 4 is 51.9 Å². The van der Waals surface area contributed by atoms with E-state index in [9.17, 15) is 9.59 Å². The van der Waals surface area contributed by atoms with Gasteiger partial charge in [-0.05, 0) is 47.2 Å². The first-order valence-corrected chi connectivity index (χ1v) is 9.27. The Bertz CT molecular complexity index is 1350. The van der Waals surface area contributed by atoms with Gasteiger partial charge in [0.25, 0.3) is 0 Å². The van der Waals surface area contributed by atoms with E-state index in [0.717, 1.165) is 10.8 Å². The average Bonchev–Trinajstić information content (AvgIpc) is 3.10. The molecular formula is C21H13N4NaO3S. The van der Waals surface area contributed by atoms with Gasteiger partial charge in [0.2, 0.25) is 11.8 Å². The van der Waals surface area contributed by atoms with Gasteiger partial charge in [0.05, 0.1) is 11.4 Å². The maximum atomic E-state index is 13.0. The number of nitrogens with zero attached hydrogens (tertiary/aromatic N) is 3. The summed E-state index contributed by atoms with van der Waals surface area (Å²) in [6.45, 7) is 0. The summed E-state index contributed by atoms with van der Waals surface area (Å²) in [5, 5.41) is 8.57. The molecule has 30 heavy (non-hydrogen) atoms. The largest absolute Gasteiger partial charge is 1.00 e. The van der Waals surface area contributed by atoms with E-state index in [1.165, 1.54) is 4.90 Å². The summed E-state index contributed by atoms with van der Waals surface area (Å²) in [7, 11) is 0. The van der Waals surface area contributed by atoms with E-state index in [4.69, 9.17) is 16.7 Å². The Kier molecular flexibility index (Phi) is 5.57.